The van der Waals surface area contributed by atoms with Crippen molar-refractivity contribution in [2.24, 2.45) is 0 Å². The Kier molecular flexibility index (Phi) is 5.96. The second-order valence-corrected chi connectivity index (χ2v) is 6.42. The van der Waals surface area contributed by atoms with Gasteiger partial charge in [-0.15, -0.1) is 0 Å². The quantitative estimate of drug-likeness (QED) is 0.763. The Labute approximate surface area is 159 Å². The highest BCUT2D eigenvalue weighted by Gasteiger charge is 2.22. The lowest BCUT2D eigenvalue weighted by molar-refractivity contribution is -0.131. The zero-order valence-electron chi connectivity index (χ0n) is 15.7. The smallest absolute Gasteiger partial charge is 0.255 e. The van der Waals surface area contributed by atoms with Crippen molar-refractivity contribution in [3.63, 3.8) is 0 Å². The number of methoxy groups -OCH3 is 2. The maximum absolute atomic E-state index is 12.4. The fourth-order valence-corrected chi connectivity index (χ4v) is 3.27. The summed E-state index contributed by atoms with van der Waals surface area (Å²) in [6.07, 6.45) is 0.993. The molecule has 0 aliphatic carbocycles. The van der Waals surface area contributed by atoms with Gasteiger partial charge >= 0.3 is 0 Å². The van der Waals surface area contributed by atoms with Crippen LogP contribution in [-0.2, 0) is 17.9 Å². The van der Waals surface area contributed by atoms with E-state index in [4.69, 9.17) is 9.47 Å². The molecule has 1 heterocycles. The SMILES string of the molecule is COc1cccc(C(=O)NCCCC(=O)N2Cc3ccccc3C2)c1OC. The maximum atomic E-state index is 12.4. The summed E-state index contributed by atoms with van der Waals surface area (Å²) >= 11 is 0. The number of benzene rings is 2. The molecule has 142 valence electrons. The van der Waals surface area contributed by atoms with Crippen molar-refractivity contribution < 1.29 is 19.1 Å². The Morgan fingerprint density at radius 1 is 1.00 bits per heavy atom. The number of carbonyl (C=O) groups is 2. The zero-order valence-corrected chi connectivity index (χ0v) is 15.7. The third-order valence-electron chi connectivity index (χ3n) is 4.69. The van der Waals surface area contributed by atoms with Gasteiger partial charge in [0.15, 0.2) is 11.5 Å². The Morgan fingerprint density at radius 2 is 1.70 bits per heavy atom. The van der Waals surface area contributed by atoms with Crippen LogP contribution in [-0.4, -0.2) is 37.5 Å². The van der Waals surface area contributed by atoms with Crippen LogP contribution in [0.25, 0.3) is 0 Å². The molecule has 0 unspecified atom stereocenters. The molecule has 1 N–H and O–H groups in total. The van der Waals surface area contributed by atoms with Crippen molar-refractivity contribution in [2.45, 2.75) is 25.9 Å². The first-order chi connectivity index (χ1) is 13.1. The van der Waals surface area contributed by atoms with Gasteiger partial charge < -0.3 is 19.7 Å². The number of amides is 2. The van der Waals surface area contributed by atoms with Crippen LogP contribution in [0, 0.1) is 0 Å². The normalized spacial score (nSPS) is 12.4. The molecular formula is C21H24N2O4. The summed E-state index contributed by atoms with van der Waals surface area (Å²) in [7, 11) is 3.03. The van der Waals surface area contributed by atoms with E-state index >= 15 is 0 Å². The molecule has 2 aromatic rings. The second-order valence-electron chi connectivity index (χ2n) is 6.42. The van der Waals surface area contributed by atoms with Gasteiger partial charge in [0.2, 0.25) is 5.91 Å². The predicted octanol–water partition coefficient (Wildman–Crippen LogP) is 2.76. The Morgan fingerprint density at radius 3 is 2.33 bits per heavy atom. The molecular weight excluding hydrogens is 344 g/mol. The van der Waals surface area contributed by atoms with Crippen LogP contribution >= 0.6 is 0 Å². The molecule has 27 heavy (non-hydrogen) atoms. The van der Waals surface area contributed by atoms with Gasteiger partial charge in [-0.2, -0.15) is 0 Å². The lowest BCUT2D eigenvalue weighted by atomic mass is 10.1. The van der Waals surface area contributed by atoms with Crippen LogP contribution in [0.4, 0.5) is 0 Å². The Balaban J connectivity index is 1.47. The van der Waals surface area contributed by atoms with Crippen molar-refractivity contribution in [3.05, 3.63) is 59.2 Å². The molecule has 0 saturated heterocycles. The molecule has 1 aliphatic rings. The average Bonchev–Trinajstić information content (AvgIpc) is 3.14. The third kappa shape index (κ3) is 4.22. The number of ether oxygens (including phenoxy) is 2. The van der Waals surface area contributed by atoms with Gasteiger partial charge in [0.1, 0.15) is 0 Å². The van der Waals surface area contributed by atoms with E-state index in [0.29, 0.717) is 49.5 Å². The van der Waals surface area contributed by atoms with Crippen LogP contribution in [0.2, 0.25) is 0 Å². The molecule has 0 atom stereocenters. The van der Waals surface area contributed by atoms with Gasteiger partial charge in [-0.3, -0.25) is 9.59 Å². The summed E-state index contributed by atoms with van der Waals surface area (Å²) in [6.45, 7) is 1.76. The van der Waals surface area contributed by atoms with Crippen LogP contribution in [0.5, 0.6) is 11.5 Å². The van der Waals surface area contributed by atoms with Crippen molar-refractivity contribution in [1.82, 2.24) is 10.2 Å². The number of nitrogens with zero attached hydrogens (tertiary/aromatic N) is 1. The first kappa shape index (κ1) is 18.8. The average molecular weight is 368 g/mol. The van der Waals surface area contributed by atoms with Crippen molar-refractivity contribution >= 4 is 11.8 Å². The fourth-order valence-electron chi connectivity index (χ4n) is 3.27. The minimum Gasteiger partial charge on any atom is -0.493 e. The molecule has 0 radical (unpaired) electrons. The number of hydrogen-bond donors (Lipinski definition) is 1. The largest absolute Gasteiger partial charge is 0.493 e. The van der Waals surface area contributed by atoms with Crippen molar-refractivity contribution in [1.29, 1.82) is 0 Å². The summed E-state index contributed by atoms with van der Waals surface area (Å²) < 4.78 is 10.5. The fraction of sp³-hybridized carbons (Fsp3) is 0.333. The zero-order chi connectivity index (χ0) is 19.2. The third-order valence-corrected chi connectivity index (χ3v) is 4.69. The van der Waals surface area contributed by atoms with Crippen molar-refractivity contribution in [3.8, 4) is 11.5 Å². The second kappa shape index (κ2) is 8.58. The molecule has 0 spiro atoms. The molecule has 0 bridgehead atoms. The van der Waals surface area contributed by atoms with Gasteiger partial charge in [-0.05, 0) is 29.7 Å². The van der Waals surface area contributed by atoms with E-state index in [0.717, 1.165) is 0 Å². The van der Waals surface area contributed by atoms with Crippen molar-refractivity contribution in [2.75, 3.05) is 20.8 Å². The summed E-state index contributed by atoms with van der Waals surface area (Å²) in [5.41, 5.74) is 2.84. The minimum atomic E-state index is -0.244. The van der Waals surface area contributed by atoms with E-state index in [2.05, 4.69) is 17.4 Å². The van der Waals surface area contributed by atoms with E-state index in [-0.39, 0.29) is 11.8 Å². The van der Waals surface area contributed by atoms with Crippen LogP contribution < -0.4 is 14.8 Å². The van der Waals surface area contributed by atoms with E-state index < -0.39 is 0 Å². The first-order valence-electron chi connectivity index (χ1n) is 8.97. The minimum absolute atomic E-state index is 0.111. The molecule has 0 saturated carbocycles. The lowest BCUT2D eigenvalue weighted by Gasteiger charge is -2.15. The maximum Gasteiger partial charge on any atom is 0.255 e. The highest BCUT2D eigenvalue weighted by atomic mass is 16.5. The predicted molar refractivity (Wildman–Crippen MR) is 102 cm³/mol. The van der Waals surface area contributed by atoms with E-state index in [1.165, 1.54) is 25.3 Å². The molecule has 2 aromatic carbocycles. The summed E-state index contributed by atoms with van der Waals surface area (Å²) in [6, 6.07) is 13.3. The Hall–Kier alpha value is -3.02. The topological polar surface area (TPSA) is 67.9 Å². The molecule has 3 rings (SSSR count). The number of hydrogen-bond acceptors (Lipinski definition) is 4. The summed E-state index contributed by atoms with van der Waals surface area (Å²) in [5.74, 6) is 0.781. The van der Waals surface area contributed by atoms with Gasteiger partial charge in [0.05, 0.1) is 19.8 Å². The monoisotopic (exact) mass is 368 g/mol. The standard InChI is InChI=1S/C21H24N2O4/c1-26-18-10-5-9-17(20(18)27-2)21(25)22-12-6-11-19(24)23-13-15-7-3-4-8-16(15)14-23/h3-5,7-10H,6,11-14H2,1-2H3,(H,22,25). The summed E-state index contributed by atoms with van der Waals surface area (Å²) in [5, 5.41) is 2.84. The molecule has 0 aromatic heterocycles. The van der Waals surface area contributed by atoms with Gasteiger partial charge in [0, 0.05) is 26.1 Å². The number of fused-ring (bicyclic) bond motifs is 1. The summed E-state index contributed by atoms with van der Waals surface area (Å²) in [4.78, 5) is 26.6. The number of para-hydroxylation sites is 1. The molecule has 0 fully saturated rings. The van der Waals surface area contributed by atoms with E-state index in [1.807, 2.05) is 17.0 Å². The van der Waals surface area contributed by atoms with Gasteiger partial charge in [-0.1, -0.05) is 30.3 Å². The lowest BCUT2D eigenvalue weighted by Crippen LogP contribution is -2.28. The van der Waals surface area contributed by atoms with Crippen LogP contribution in [0.3, 0.4) is 0 Å². The highest BCUT2D eigenvalue weighted by molar-refractivity contribution is 5.97. The van der Waals surface area contributed by atoms with Crippen LogP contribution in [0.15, 0.2) is 42.5 Å². The number of rotatable bonds is 7. The molecule has 6 heteroatoms. The van der Waals surface area contributed by atoms with E-state index in [9.17, 15) is 9.59 Å². The van der Waals surface area contributed by atoms with Crippen LogP contribution in [0.1, 0.15) is 34.3 Å². The number of carbonyl (C=O) groups excluding carboxylic acids is 2. The number of nitrogens with one attached hydrogen (secondary N) is 1. The van der Waals surface area contributed by atoms with E-state index in [1.54, 1.807) is 18.2 Å². The molecule has 2 amide bonds. The molecule has 6 nitrogen and oxygen atoms in total. The first-order valence-corrected chi connectivity index (χ1v) is 8.97. The van der Waals surface area contributed by atoms with Gasteiger partial charge in [0.25, 0.3) is 5.91 Å². The molecule has 1 aliphatic heterocycles. The van der Waals surface area contributed by atoms with Gasteiger partial charge in [-0.25, -0.2) is 0 Å². The Bertz CT molecular complexity index is 810. The highest BCUT2D eigenvalue weighted by Crippen LogP contribution is 2.30.